The first-order chi connectivity index (χ1) is 11.5. The summed E-state index contributed by atoms with van der Waals surface area (Å²) >= 11 is 17.8. The molecular weight excluding hydrogens is 371 g/mol. The van der Waals surface area contributed by atoms with Crippen LogP contribution in [0.2, 0.25) is 15.1 Å². The monoisotopic (exact) mass is 382 g/mol. The summed E-state index contributed by atoms with van der Waals surface area (Å²) in [4.78, 5) is 25.9. The Morgan fingerprint density at radius 2 is 1.67 bits per heavy atom. The Hall–Kier alpha value is -1.59. The van der Waals surface area contributed by atoms with Crippen LogP contribution in [0.15, 0.2) is 42.5 Å². The Balaban J connectivity index is 1.71. The largest absolute Gasteiger partial charge is 0.301 e. The Morgan fingerprint density at radius 3 is 2.33 bits per heavy atom. The van der Waals surface area contributed by atoms with Gasteiger partial charge in [0.15, 0.2) is 0 Å². The first-order valence-corrected chi connectivity index (χ1v) is 8.39. The van der Waals surface area contributed by atoms with Crippen LogP contribution < -0.4 is 10.2 Å². The molecule has 1 aliphatic rings. The molecule has 24 heavy (non-hydrogen) atoms. The van der Waals surface area contributed by atoms with Crippen molar-refractivity contribution in [2.75, 3.05) is 4.90 Å². The van der Waals surface area contributed by atoms with Crippen molar-refractivity contribution < 1.29 is 9.59 Å². The smallest absolute Gasteiger partial charge is 0.251 e. The van der Waals surface area contributed by atoms with Crippen molar-refractivity contribution in [1.29, 1.82) is 0 Å². The van der Waals surface area contributed by atoms with E-state index in [4.69, 9.17) is 34.8 Å². The quantitative estimate of drug-likeness (QED) is 0.810. The Morgan fingerprint density at radius 1 is 1.00 bits per heavy atom. The zero-order valence-electron chi connectivity index (χ0n) is 12.4. The fourth-order valence-corrected chi connectivity index (χ4v) is 3.15. The number of anilines is 1. The SMILES string of the molecule is O=C1CC(NCc2ccc(Cl)cc2Cl)C(=O)N1c1ccc(Cl)cc1. The maximum atomic E-state index is 12.5. The van der Waals surface area contributed by atoms with Crippen LogP contribution in [0, 0.1) is 0 Å². The van der Waals surface area contributed by atoms with E-state index in [0.29, 0.717) is 27.3 Å². The van der Waals surface area contributed by atoms with Crippen molar-refractivity contribution in [3.8, 4) is 0 Å². The zero-order valence-corrected chi connectivity index (χ0v) is 14.7. The number of amides is 2. The minimum absolute atomic E-state index is 0.104. The standard InChI is InChI=1S/C17H13Cl3N2O2/c18-11-3-5-13(6-4-11)22-16(23)8-15(17(22)24)21-9-10-1-2-12(19)7-14(10)20/h1-7,15,21H,8-9H2. The van der Waals surface area contributed by atoms with Gasteiger partial charge in [-0.1, -0.05) is 40.9 Å². The van der Waals surface area contributed by atoms with Crippen LogP contribution in [-0.4, -0.2) is 17.9 Å². The maximum Gasteiger partial charge on any atom is 0.251 e. The normalized spacial score (nSPS) is 17.6. The van der Waals surface area contributed by atoms with Gasteiger partial charge in [0.2, 0.25) is 5.91 Å². The second kappa shape index (κ2) is 7.11. The second-order valence-electron chi connectivity index (χ2n) is 5.42. The topological polar surface area (TPSA) is 49.4 Å². The molecule has 1 N–H and O–H groups in total. The summed E-state index contributed by atoms with van der Waals surface area (Å²) in [5, 5.41) is 4.69. The van der Waals surface area contributed by atoms with Crippen molar-refractivity contribution in [2.45, 2.75) is 19.0 Å². The summed E-state index contributed by atoms with van der Waals surface area (Å²) in [5.74, 6) is -0.533. The average Bonchev–Trinajstić information content (AvgIpc) is 2.82. The second-order valence-corrected chi connectivity index (χ2v) is 6.70. The molecule has 2 aromatic rings. The summed E-state index contributed by atoms with van der Waals surface area (Å²) in [6.45, 7) is 0.369. The molecule has 3 rings (SSSR count). The molecule has 1 saturated heterocycles. The lowest BCUT2D eigenvalue weighted by atomic mass is 10.2. The Labute approximate surface area is 154 Å². The van der Waals surface area contributed by atoms with Crippen LogP contribution >= 0.6 is 34.8 Å². The first-order valence-electron chi connectivity index (χ1n) is 7.25. The zero-order chi connectivity index (χ0) is 17.3. The van der Waals surface area contributed by atoms with Crippen LogP contribution in [0.4, 0.5) is 5.69 Å². The van der Waals surface area contributed by atoms with Crippen LogP contribution in [-0.2, 0) is 16.1 Å². The van der Waals surface area contributed by atoms with Gasteiger partial charge < -0.3 is 5.32 Å². The molecule has 1 fully saturated rings. The molecule has 1 heterocycles. The fraction of sp³-hybridized carbons (Fsp3) is 0.176. The van der Waals surface area contributed by atoms with Gasteiger partial charge in [0.25, 0.3) is 5.91 Å². The molecule has 0 aliphatic carbocycles. The molecule has 1 unspecified atom stereocenters. The number of rotatable bonds is 4. The van der Waals surface area contributed by atoms with E-state index in [2.05, 4.69) is 5.32 Å². The van der Waals surface area contributed by atoms with Gasteiger partial charge in [0, 0.05) is 21.6 Å². The van der Waals surface area contributed by atoms with E-state index in [1.807, 2.05) is 0 Å². The summed E-state index contributed by atoms with van der Waals surface area (Å²) in [7, 11) is 0. The molecule has 0 aromatic heterocycles. The van der Waals surface area contributed by atoms with Crippen LogP contribution in [0.1, 0.15) is 12.0 Å². The van der Waals surface area contributed by atoms with Gasteiger partial charge in [0.05, 0.1) is 18.2 Å². The maximum absolute atomic E-state index is 12.5. The van der Waals surface area contributed by atoms with E-state index in [1.54, 1.807) is 42.5 Å². The molecule has 1 aliphatic heterocycles. The van der Waals surface area contributed by atoms with E-state index in [0.717, 1.165) is 5.56 Å². The number of benzene rings is 2. The summed E-state index contributed by atoms with van der Waals surface area (Å²) in [6.07, 6.45) is 0.104. The molecule has 0 saturated carbocycles. The summed E-state index contributed by atoms with van der Waals surface area (Å²) in [5.41, 5.74) is 1.33. The third-order valence-corrected chi connectivity index (χ3v) is 4.62. The van der Waals surface area contributed by atoms with E-state index in [-0.39, 0.29) is 18.2 Å². The highest BCUT2D eigenvalue weighted by Crippen LogP contribution is 2.25. The van der Waals surface area contributed by atoms with Gasteiger partial charge in [-0.2, -0.15) is 0 Å². The van der Waals surface area contributed by atoms with Crippen molar-refractivity contribution in [1.82, 2.24) is 5.32 Å². The van der Waals surface area contributed by atoms with Gasteiger partial charge in [-0.05, 0) is 42.0 Å². The molecule has 1 atom stereocenters. The van der Waals surface area contributed by atoms with Crippen molar-refractivity contribution in [3.05, 3.63) is 63.1 Å². The van der Waals surface area contributed by atoms with Crippen LogP contribution in [0.3, 0.4) is 0 Å². The molecule has 0 radical (unpaired) electrons. The van der Waals surface area contributed by atoms with E-state index in [1.165, 1.54) is 4.90 Å². The number of carbonyl (C=O) groups excluding carboxylic acids is 2. The number of hydrogen-bond donors (Lipinski definition) is 1. The van der Waals surface area contributed by atoms with Crippen LogP contribution in [0.25, 0.3) is 0 Å². The minimum atomic E-state index is -0.583. The number of halogens is 3. The molecule has 4 nitrogen and oxygen atoms in total. The molecule has 0 spiro atoms. The van der Waals surface area contributed by atoms with Crippen molar-refractivity contribution in [2.24, 2.45) is 0 Å². The van der Waals surface area contributed by atoms with Crippen LogP contribution in [0.5, 0.6) is 0 Å². The molecule has 0 bridgehead atoms. The van der Waals surface area contributed by atoms with Crippen molar-refractivity contribution >= 4 is 52.3 Å². The van der Waals surface area contributed by atoms with Crippen molar-refractivity contribution in [3.63, 3.8) is 0 Å². The van der Waals surface area contributed by atoms with Gasteiger partial charge in [-0.15, -0.1) is 0 Å². The van der Waals surface area contributed by atoms with Gasteiger partial charge >= 0.3 is 0 Å². The highest BCUT2D eigenvalue weighted by Gasteiger charge is 2.39. The average molecular weight is 384 g/mol. The summed E-state index contributed by atoms with van der Waals surface area (Å²) < 4.78 is 0. The predicted octanol–water partition coefficient (Wildman–Crippen LogP) is 4.07. The Bertz CT molecular complexity index is 793. The minimum Gasteiger partial charge on any atom is -0.301 e. The van der Waals surface area contributed by atoms with E-state index < -0.39 is 6.04 Å². The number of nitrogens with zero attached hydrogens (tertiary/aromatic N) is 1. The number of carbonyl (C=O) groups is 2. The van der Waals surface area contributed by atoms with E-state index in [9.17, 15) is 9.59 Å². The van der Waals surface area contributed by atoms with E-state index >= 15 is 0 Å². The summed E-state index contributed by atoms with van der Waals surface area (Å²) in [6, 6.07) is 11.2. The molecule has 124 valence electrons. The third kappa shape index (κ3) is 3.57. The lowest BCUT2D eigenvalue weighted by Gasteiger charge is -2.16. The molecule has 7 heteroatoms. The first kappa shape index (κ1) is 17.2. The molecular formula is C17H13Cl3N2O2. The van der Waals surface area contributed by atoms with Gasteiger partial charge in [0.1, 0.15) is 0 Å². The lowest BCUT2D eigenvalue weighted by molar-refractivity contribution is -0.121. The molecule has 2 aromatic carbocycles. The van der Waals surface area contributed by atoms with Gasteiger partial charge in [-0.3, -0.25) is 9.59 Å². The number of nitrogens with one attached hydrogen (secondary N) is 1. The number of imide groups is 1. The highest BCUT2D eigenvalue weighted by molar-refractivity contribution is 6.35. The number of hydrogen-bond acceptors (Lipinski definition) is 3. The predicted molar refractivity (Wildman–Crippen MR) is 95.7 cm³/mol. The third-order valence-electron chi connectivity index (χ3n) is 3.79. The lowest BCUT2D eigenvalue weighted by Crippen LogP contribution is -2.38. The molecule has 2 amide bonds. The fourth-order valence-electron chi connectivity index (χ4n) is 2.55. The van der Waals surface area contributed by atoms with Gasteiger partial charge in [-0.25, -0.2) is 4.90 Å². The highest BCUT2D eigenvalue weighted by atomic mass is 35.5. The Kier molecular flexibility index (Phi) is 5.11.